The van der Waals surface area contributed by atoms with Gasteiger partial charge in [0.05, 0.1) is 17.2 Å². The molecule has 1 aliphatic heterocycles. The van der Waals surface area contributed by atoms with Gasteiger partial charge in [0.25, 0.3) is 0 Å². The van der Waals surface area contributed by atoms with Gasteiger partial charge in [-0.15, -0.1) is 0 Å². The summed E-state index contributed by atoms with van der Waals surface area (Å²) >= 11 is 0. The van der Waals surface area contributed by atoms with Crippen LogP contribution in [0.25, 0.3) is 0 Å². The van der Waals surface area contributed by atoms with Crippen molar-refractivity contribution in [2.45, 2.75) is 32.6 Å². The topological polar surface area (TPSA) is 102 Å². The van der Waals surface area contributed by atoms with Gasteiger partial charge < -0.3 is 10.2 Å². The number of hydrogen-bond acceptors (Lipinski definition) is 4. The van der Waals surface area contributed by atoms with Crippen LogP contribution >= 0.6 is 0 Å². The van der Waals surface area contributed by atoms with Crippen molar-refractivity contribution in [2.75, 3.05) is 16.8 Å². The number of hydrogen-bond donors (Lipinski definition) is 2. The van der Waals surface area contributed by atoms with Crippen molar-refractivity contribution in [1.82, 2.24) is 10.2 Å². The Morgan fingerprint density at radius 1 is 1.50 bits per heavy atom. The lowest BCUT2D eigenvalue weighted by atomic mass is 9.94. The highest BCUT2D eigenvalue weighted by atomic mass is 19.1. The fourth-order valence-corrected chi connectivity index (χ4v) is 3.02. The van der Waals surface area contributed by atoms with E-state index in [9.17, 15) is 19.2 Å². The van der Waals surface area contributed by atoms with E-state index in [1.165, 1.54) is 17.0 Å². The lowest BCUT2D eigenvalue weighted by Gasteiger charge is -2.20. The summed E-state index contributed by atoms with van der Waals surface area (Å²) in [5.74, 6) is -1.75. The molecule has 0 radical (unpaired) electrons. The van der Waals surface area contributed by atoms with Crippen LogP contribution in [-0.2, 0) is 9.59 Å². The fourth-order valence-electron chi connectivity index (χ4n) is 3.02. The third-order valence-electron chi connectivity index (χ3n) is 4.45. The Kier molecular flexibility index (Phi) is 4.71. The molecule has 1 aromatic heterocycles. The molecule has 0 bridgehead atoms. The number of carbonyl (C=O) groups is 2. The van der Waals surface area contributed by atoms with E-state index < -0.39 is 17.6 Å². The molecule has 2 heterocycles. The van der Waals surface area contributed by atoms with Gasteiger partial charge in [-0.3, -0.25) is 14.7 Å². The number of aryl methyl sites for hydroxylation is 1. The molecule has 2 N–H and O–H groups in total. The third-order valence-corrected chi connectivity index (χ3v) is 4.45. The number of carbonyl (C=O) groups excluding carboxylic acids is 2. The number of H-pyrrole nitrogens is 1. The van der Waals surface area contributed by atoms with Crippen molar-refractivity contribution in [3.8, 4) is 6.07 Å². The highest BCUT2D eigenvalue weighted by Crippen LogP contribution is 2.31. The molecule has 0 saturated carbocycles. The maximum Gasteiger partial charge on any atom is 0.232 e. The molecule has 1 unspecified atom stereocenters. The van der Waals surface area contributed by atoms with E-state index in [1.54, 1.807) is 19.9 Å². The van der Waals surface area contributed by atoms with E-state index in [0.29, 0.717) is 25.2 Å². The zero-order valence-corrected chi connectivity index (χ0v) is 14.5. The number of anilines is 2. The molecule has 1 fully saturated rings. The minimum Gasteiger partial charge on any atom is -0.310 e. The summed E-state index contributed by atoms with van der Waals surface area (Å²) in [4.78, 5) is 25.6. The van der Waals surface area contributed by atoms with Crippen molar-refractivity contribution in [2.24, 2.45) is 0 Å². The Morgan fingerprint density at radius 3 is 2.85 bits per heavy atom. The molecule has 1 saturated heterocycles. The first-order valence-electron chi connectivity index (χ1n) is 8.28. The van der Waals surface area contributed by atoms with E-state index in [4.69, 9.17) is 0 Å². The van der Waals surface area contributed by atoms with Crippen molar-refractivity contribution < 1.29 is 14.0 Å². The SMILES string of the molecule is Cc1cc(NC(=O)C(C)c2ccc(N3CCCC3=O)c(F)c2C#N)n[nH]1. The van der Waals surface area contributed by atoms with Crippen molar-refractivity contribution >= 4 is 23.3 Å². The highest BCUT2D eigenvalue weighted by Gasteiger charge is 2.28. The number of nitrogens with one attached hydrogen (secondary N) is 2. The molecule has 26 heavy (non-hydrogen) atoms. The fraction of sp³-hybridized carbons (Fsp3) is 0.333. The predicted octanol–water partition coefficient (Wildman–Crippen LogP) is 2.60. The summed E-state index contributed by atoms with van der Waals surface area (Å²) in [7, 11) is 0. The van der Waals surface area contributed by atoms with Crippen LogP contribution in [0.5, 0.6) is 0 Å². The quantitative estimate of drug-likeness (QED) is 0.880. The number of aromatic amines is 1. The molecule has 1 aliphatic rings. The third kappa shape index (κ3) is 3.16. The molecule has 3 rings (SSSR count). The minimum atomic E-state index is -0.768. The Labute approximate surface area is 149 Å². The van der Waals surface area contributed by atoms with Gasteiger partial charge in [-0.25, -0.2) is 4.39 Å². The summed E-state index contributed by atoms with van der Waals surface area (Å²) in [6.45, 7) is 3.81. The standard InChI is InChI=1S/C18H18FN5O2/c1-10-8-15(23-22-10)21-18(26)11(2)12-5-6-14(17(19)13(12)9-20)24-7-3-4-16(24)25/h5-6,8,11H,3-4,7H2,1-2H3,(H2,21,22,23,26). The number of halogens is 1. The van der Waals surface area contributed by atoms with Gasteiger partial charge in [-0.2, -0.15) is 10.4 Å². The Bertz CT molecular complexity index is 915. The number of amides is 2. The maximum atomic E-state index is 14.8. The van der Waals surface area contributed by atoms with Gasteiger partial charge in [0.2, 0.25) is 11.8 Å². The molecule has 2 amide bonds. The smallest absolute Gasteiger partial charge is 0.232 e. The Morgan fingerprint density at radius 2 is 2.27 bits per heavy atom. The predicted molar refractivity (Wildman–Crippen MR) is 93.1 cm³/mol. The second kappa shape index (κ2) is 6.96. The van der Waals surface area contributed by atoms with Crippen molar-refractivity contribution in [3.63, 3.8) is 0 Å². The van der Waals surface area contributed by atoms with Crippen LogP contribution in [0, 0.1) is 24.1 Å². The maximum absolute atomic E-state index is 14.8. The summed E-state index contributed by atoms with van der Waals surface area (Å²) in [6, 6.07) is 6.48. The molecular weight excluding hydrogens is 337 g/mol. The van der Waals surface area contributed by atoms with Gasteiger partial charge in [-0.05, 0) is 31.9 Å². The van der Waals surface area contributed by atoms with Gasteiger partial charge in [0.15, 0.2) is 11.6 Å². The molecule has 1 aromatic carbocycles. The highest BCUT2D eigenvalue weighted by molar-refractivity contribution is 5.97. The number of aromatic nitrogens is 2. The number of nitrogens with zero attached hydrogens (tertiary/aromatic N) is 3. The lowest BCUT2D eigenvalue weighted by molar-refractivity contribution is -0.118. The molecular formula is C18H18FN5O2. The summed E-state index contributed by atoms with van der Waals surface area (Å²) in [5.41, 5.74) is 0.924. The zero-order chi connectivity index (χ0) is 18.8. The molecule has 1 atom stereocenters. The largest absolute Gasteiger partial charge is 0.310 e. The second-order valence-electron chi connectivity index (χ2n) is 6.27. The molecule has 0 spiro atoms. The summed E-state index contributed by atoms with van der Waals surface area (Å²) < 4.78 is 14.8. The first kappa shape index (κ1) is 17.6. The van der Waals surface area contributed by atoms with Gasteiger partial charge in [0, 0.05) is 24.7 Å². The van der Waals surface area contributed by atoms with E-state index in [2.05, 4.69) is 15.5 Å². The molecule has 7 nitrogen and oxygen atoms in total. The van der Waals surface area contributed by atoms with E-state index in [0.717, 1.165) is 5.69 Å². The van der Waals surface area contributed by atoms with Crippen molar-refractivity contribution in [1.29, 1.82) is 5.26 Å². The van der Waals surface area contributed by atoms with Crippen LogP contribution in [0.1, 0.15) is 42.5 Å². The normalized spacial score (nSPS) is 15.0. The van der Waals surface area contributed by atoms with Crippen LogP contribution < -0.4 is 10.2 Å². The van der Waals surface area contributed by atoms with Crippen LogP contribution in [0.3, 0.4) is 0 Å². The zero-order valence-electron chi connectivity index (χ0n) is 14.5. The average Bonchev–Trinajstić information content (AvgIpc) is 3.22. The van der Waals surface area contributed by atoms with Crippen LogP contribution in [0.4, 0.5) is 15.9 Å². The summed E-state index contributed by atoms with van der Waals surface area (Å²) in [6.07, 6.45) is 1.02. The van der Waals surface area contributed by atoms with E-state index in [-0.39, 0.29) is 22.7 Å². The number of rotatable bonds is 4. The lowest BCUT2D eigenvalue weighted by Crippen LogP contribution is -2.26. The van der Waals surface area contributed by atoms with Crippen LogP contribution in [0.15, 0.2) is 18.2 Å². The monoisotopic (exact) mass is 355 g/mol. The second-order valence-corrected chi connectivity index (χ2v) is 6.27. The van der Waals surface area contributed by atoms with E-state index >= 15 is 0 Å². The average molecular weight is 355 g/mol. The Balaban J connectivity index is 1.89. The van der Waals surface area contributed by atoms with Crippen LogP contribution in [0.2, 0.25) is 0 Å². The van der Waals surface area contributed by atoms with Crippen molar-refractivity contribution in [3.05, 3.63) is 40.8 Å². The number of nitriles is 1. The molecule has 0 aliphatic carbocycles. The number of benzene rings is 1. The van der Waals surface area contributed by atoms with Gasteiger partial charge in [-0.1, -0.05) is 6.07 Å². The molecule has 8 heteroatoms. The van der Waals surface area contributed by atoms with E-state index in [1.807, 2.05) is 6.07 Å². The molecule has 134 valence electrons. The molecule has 2 aromatic rings. The Hall–Kier alpha value is -3.21. The first-order chi connectivity index (χ1) is 12.4. The van der Waals surface area contributed by atoms with Gasteiger partial charge in [0.1, 0.15) is 6.07 Å². The van der Waals surface area contributed by atoms with Gasteiger partial charge >= 0.3 is 0 Å². The first-order valence-corrected chi connectivity index (χ1v) is 8.28. The minimum absolute atomic E-state index is 0.0864. The summed E-state index contributed by atoms with van der Waals surface area (Å²) in [5, 5.41) is 18.7. The van der Waals surface area contributed by atoms with Crippen LogP contribution in [-0.4, -0.2) is 28.6 Å².